The van der Waals surface area contributed by atoms with E-state index in [0.29, 0.717) is 18.2 Å². The van der Waals surface area contributed by atoms with Gasteiger partial charge in [-0.2, -0.15) is 0 Å². The Hall–Kier alpha value is -1.06. The Morgan fingerprint density at radius 3 is 3.05 bits per heavy atom. The SMILES string of the molecule is O=C(CC1COCCN1)Nc1nc(CN2CCOCC2)cs1. The van der Waals surface area contributed by atoms with Crippen LogP contribution in [0.4, 0.5) is 5.13 Å². The minimum atomic E-state index is -0.0183. The highest BCUT2D eigenvalue weighted by molar-refractivity contribution is 7.13. The van der Waals surface area contributed by atoms with Gasteiger partial charge in [-0.15, -0.1) is 11.3 Å². The number of anilines is 1. The highest BCUT2D eigenvalue weighted by atomic mass is 32.1. The number of hydrogen-bond acceptors (Lipinski definition) is 7. The van der Waals surface area contributed by atoms with Gasteiger partial charge < -0.3 is 20.1 Å². The molecule has 7 nitrogen and oxygen atoms in total. The van der Waals surface area contributed by atoms with E-state index in [9.17, 15) is 4.79 Å². The lowest BCUT2D eigenvalue weighted by Crippen LogP contribution is -2.43. The maximum atomic E-state index is 12.0. The third-order valence-electron chi connectivity index (χ3n) is 3.72. The number of morpholine rings is 2. The van der Waals surface area contributed by atoms with Crippen molar-refractivity contribution in [2.24, 2.45) is 0 Å². The molecule has 8 heteroatoms. The van der Waals surface area contributed by atoms with Gasteiger partial charge in [0.25, 0.3) is 0 Å². The minimum absolute atomic E-state index is 0.0183. The van der Waals surface area contributed by atoms with Crippen LogP contribution in [0.5, 0.6) is 0 Å². The van der Waals surface area contributed by atoms with E-state index in [2.05, 4.69) is 20.5 Å². The van der Waals surface area contributed by atoms with Crippen molar-refractivity contribution in [2.45, 2.75) is 19.0 Å². The Kier molecular flexibility index (Phi) is 5.74. The summed E-state index contributed by atoms with van der Waals surface area (Å²) in [5.74, 6) is -0.0183. The summed E-state index contributed by atoms with van der Waals surface area (Å²) in [5.41, 5.74) is 1.00. The summed E-state index contributed by atoms with van der Waals surface area (Å²) < 4.78 is 10.7. The summed E-state index contributed by atoms with van der Waals surface area (Å²) in [4.78, 5) is 18.8. The second kappa shape index (κ2) is 7.98. The fourth-order valence-corrected chi connectivity index (χ4v) is 3.29. The quantitative estimate of drug-likeness (QED) is 0.810. The second-order valence-corrected chi connectivity index (χ2v) is 6.37. The smallest absolute Gasteiger partial charge is 0.227 e. The lowest BCUT2D eigenvalue weighted by molar-refractivity contribution is -0.117. The van der Waals surface area contributed by atoms with E-state index in [1.165, 1.54) is 11.3 Å². The zero-order chi connectivity index (χ0) is 15.2. The van der Waals surface area contributed by atoms with Crippen molar-refractivity contribution in [3.63, 3.8) is 0 Å². The van der Waals surface area contributed by atoms with E-state index in [1.807, 2.05) is 5.38 Å². The number of aromatic nitrogens is 1. The first-order valence-corrected chi connectivity index (χ1v) is 8.53. The standard InChI is InChI=1S/C14H22N4O3S/c19-13(7-11-9-21-4-1-15-11)17-14-16-12(10-22-14)8-18-2-5-20-6-3-18/h10-11,15H,1-9H2,(H,16,17,19). The van der Waals surface area contributed by atoms with E-state index < -0.39 is 0 Å². The molecule has 22 heavy (non-hydrogen) atoms. The van der Waals surface area contributed by atoms with Crippen LogP contribution in [-0.2, 0) is 20.8 Å². The maximum Gasteiger partial charge on any atom is 0.227 e. The van der Waals surface area contributed by atoms with Gasteiger partial charge in [0.15, 0.2) is 5.13 Å². The lowest BCUT2D eigenvalue weighted by atomic mass is 10.2. The Morgan fingerprint density at radius 2 is 2.27 bits per heavy atom. The number of carbonyl (C=O) groups is 1. The normalized spacial score (nSPS) is 23.4. The first-order chi connectivity index (χ1) is 10.8. The topological polar surface area (TPSA) is 75.7 Å². The van der Waals surface area contributed by atoms with Crippen molar-refractivity contribution in [2.75, 3.05) is 51.4 Å². The number of thiazole rings is 1. The maximum absolute atomic E-state index is 12.0. The molecule has 0 aliphatic carbocycles. The Morgan fingerprint density at radius 1 is 1.41 bits per heavy atom. The summed E-state index contributed by atoms with van der Waals surface area (Å²) in [6.45, 7) is 6.36. The van der Waals surface area contributed by atoms with Gasteiger partial charge in [-0.3, -0.25) is 9.69 Å². The molecule has 2 aliphatic rings. The van der Waals surface area contributed by atoms with Crippen LogP contribution in [0.2, 0.25) is 0 Å². The summed E-state index contributed by atoms with van der Waals surface area (Å²) >= 11 is 1.48. The van der Waals surface area contributed by atoms with Crippen LogP contribution in [0.3, 0.4) is 0 Å². The highest BCUT2D eigenvalue weighted by Crippen LogP contribution is 2.17. The van der Waals surface area contributed by atoms with E-state index in [0.717, 1.165) is 51.7 Å². The molecule has 1 aromatic rings. The first-order valence-electron chi connectivity index (χ1n) is 7.65. The third-order valence-corrected chi connectivity index (χ3v) is 4.52. The van der Waals surface area contributed by atoms with Crippen LogP contribution in [-0.4, -0.2) is 67.9 Å². The second-order valence-electron chi connectivity index (χ2n) is 5.51. The van der Waals surface area contributed by atoms with Crippen LogP contribution >= 0.6 is 11.3 Å². The Labute approximate surface area is 134 Å². The van der Waals surface area contributed by atoms with Crippen molar-refractivity contribution in [1.82, 2.24) is 15.2 Å². The van der Waals surface area contributed by atoms with Crippen molar-refractivity contribution in [3.8, 4) is 0 Å². The molecule has 3 heterocycles. The van der Waals surface area contributed by atoms with Gasteiger partial charge in [0.2, 0.25) is 5.91 Å². The van der Waals surface area contributed by atoms with E-state index in [-0.39, 0.29) is 11.9 Å². The fourth-order valence-electron chi connectivity index (χ4n) is 2.57. The molecule has 2 N–H and O–H groups in total. The third kappa shape index (κ3) is 4.72. The largest absolute Gasteiger partial charge is 0.379 e. The molecule has 1 aromatic heterocycles. The number of nitrogens with one attached hydrogen (secondary N) is 2. The minimum Gasteiger partial charge on any atom is -0.379 e. The molecule has 122 valence electrons. The molecule has 0 aromatic carbocycles. The zero-order valence-corrected chi connectivity index (χ0v) is 13.4. The predicted molar refractivity (Wildman–Crippen MR) is 84.1 cm³/mol. The van der Waals surface area contributed by atoms with E-state index >= 15 is 0 Å². The molecule has 3 rings (SSSR count). The highest BCUT2D eigenvalue weighted by Gasteiger charge is 2.18. The van der Waals surface area contributed by atoms with Crippen LogP contribution in [0.1, 0.15) is 12.1 Å². The van der Waals surface area contributed by atoms with Crippen molar-refractivity contribution in [1.29, 1.82) is 0 Å². The van der Waals surface area contributed by atoms with E-state index in [4.69, 9.17) is 9.47 Å². The fraction of sp³-hybridized carbons (Fsp3) is 0.714. The number of carbonyl (C=O) groups excluding carboxylic acids is 1. The molecule has 2 aliphatic heterocycles. The van der Waals surface area contributed by atoms with Crippen molar-refractivity contribution in [3.05, 3.63) is 11.1 Å². The molecule has 1 unspecified atom stereocenters. The number of ether oxygens (including phenoxy) is 2. The molecule has 0 radical (unpaired) electrons. The van der Waals surface area contributed by atoms with Crippen LogP contribution in [0.25, 0.3) is 0 Å². The molecular formula is C14H22N4O3S. The van der Waals surface area contributed by atoms with Crippen LogP contribution < -0.4 is 10.6 Å². The van der Waals surface area contributed by atoms with Crippen LogP contribution in [0.15, 0.2) is 5.38 Å². The number of hydrogen-bond donors (Lipinski definition) is 2. The van der Waals surface area contributed by atoms with Gasteiger partial charge in [-0.05, 0) is 0 Å². The summed E-state index contributed by atoms with van der Waals surface area (Å²) in [6.07, 6.45) is 0.415. The Bertz CT molecular complexity index is 484. The van der Waals surface area contributed by atoms with Crippen molar-refractivity contribution >= 4 is 22.4 Å². The monoisotopic (exact) mass is 326 g/mol. The van der Waals surface area contributed by atoms with Crippen LogP contribution in [0, 0.1) is 0 Å². The van der Waals surface area contributed by atoms with Gasteiger partial charge in [0.05, 0.1) is 32.1 Å². The molecule has 0 saturated carbocycles. The average molecular weight is 326 g/mol. The summed E-state index contributed by atoms with van der Waals surface area (Å²) in [5, 5.41) is 8.83. The predicted octanol–water partition coefficient (Wildman–Crippen LogP) is 0.292. The van der Waals surface area contributed by atoms with E-state index in [1.54, 1.807) is 0 Å². The lowest BCUT2D eigenvalue weighted by Gasteiger charge is -2.25. The van der Waals surface area contributed by atoms with Gasteiger partial charge in [-0.25, -0.2) is 4.98 Å². The van der Waals surface area contributed by atoms with Gasteiger partial charge in [0.1, 0.15) is 0 Å². The van der Waals surface area contributed by atoms with Crippen molar-refractivity contribution < 1.29 is 14.3 Å². The summed E-state index contributed by atoms with van der Waals surface area (Å²) in [6, 6.07) is 0.0986. The number of amides is 1. The molecule has 1 atom stereocenters. The first kappa shape index (κ1) is 15.8. The summed E-state index contributed by atoms with van der Waals surface area (Å²) in [7, 11) is 0. The molecule has 0 spiro atoms. The molecule has 2 fully saturated rings. The molecule has 2 saturated heterocycles. The average Bonchev–Trinajstić information content (AvgIpc) is 2.96. The zero-order valence-electron chi connectivity index (χ0n) is 12.5. The molecule has 0 bridgehead atoms. The van der Waals surface area contributed by atoms with Gasteiger partial charge in [-0.1, -0.05) is 0 Å². The number of rotatable bonds is 5. The number of nitrogens with zero attached hydrogens (tertiary/aromatic N) is 2. The van der Waals surface area contributed by atoms with Gasteiger partial charge in [0, 0.05) is 44.0 Å². The molecule has 1 amide bonds. The Balaban J connectivity index is 1.45. The molecular weight excluding hydrogens is 304 g/mol. The van der Waals surface area contributed by atoms with Gasteiger partial charge >= 0.3 is 0 Å².